The lowest BCUT2D eigenvalue weighted by Gasteiger charge is -2.30. The van der Waals surface area contributed by atoms with Gasteiger partial charge in [0.15, 0.2) is 6.61 Å². The summed E-state index contributed by atoms with van der Waals surface area (Å²) < 4.78 is 24.0. The third-order valence-electron chi connectivity index (χ3n) is 6.10. The molecule has 0 saturated carbocycles. The van der Waals surface area contributed by atoms with Crippen LogP contribution in [-0.4, -0.2) is 29.7 Å². The van der Waals surface area contributed by atoms with Gasteiger partial charge in [-0.1, -0.05) is 37.3 Å². The summed E-state index contributed by atoms with van der Waals surface area (Å²) in [5.41, 5.74) is 3.11. The molecular weight excluding hydrogens is 468 g/mol. The van der Waals surface area contributed by atoms with Crippen molar-refractivity contribution in [3.05, 3.63) is 88.5 Å². The van der Waals surface area contributed by atoms with E-state index in [4.69, 9.17) is 18.9 Å². The second kappa shape index (κ2) is 11.5. The first-order chi connectivity index (χ1) is 17.8. The van der Waals surface area contributed by atoms with Crippen LogP contribution in [0.15, 0.2) is 60.7 Å². The number of ether oxygens (including phenoxy) is 4. The van der Waals surface area contributed by atoms with Crippen molar-refractivity contribution in [2.45, 2.75) is 52.9 Å². The average molecular weight is 503 g/mol. The van der Waals surface area contributed by atoms with E-state index in [1.807, 2.05) is 76.2 Å². The topological polar surface area (TPSA) is 74.2 Å². The van der Waals surface area contributed by atoms with Crippen molar-refractivity contribution in [3.63, 3.8) is 0 Å². The van der Waals surface area contributed by atoms with E-state index in [-0.39, 0.29) is 19.0 Å². The summed E-state index contributed by atoms with van der Waals surface area (Å²) in [6, 6.07) is 16.9. The SMILES string of the molecule is CCCOc1ccc(C(=O)COc2c3c(cc(C)c2CO)OC(C)(C)C=C3)c(OCc2ccccc2)c1. The Morgan fingerprint density at radius 1 is 1.03 bits per heavy atom. The third-order valence-corrected chi connectivity index (χ3v) is 6.10. The number of aliphatic hydroxyl groups is 1. The van der Waals surface area contributed by atoms with E-state index >= 15 is 0 Å². The van der Waals surface area contributed by atoms with Crippen LogP contribution in [0.25, 0.3) is 6.08 Å². The lowest BCUT2D eigenvalue weighted by atomic mass is 9.97. The maximum atomic E-state index is 13.4. The Morgan fingerprint density at radius 3 is 2.54 bits per heavy atom. The van der Waals surface area contributed by atoms with Crippen LogP contribution in [0.3, 0.4) is 0 Å². The van der Waals surface area contributed by atoms with Gasteiger partial charge in [-0.15, -0.1) is 0 Å². The number of benzene rings is 3. The Hall–Kier alpha value is -3.77. The van der Waals surface area contributed by atoms with Gasteiger partial charge in [-0.2, -0.15) is 0 Å². The number of fused-ring (bicyclic) bond motifs is 1. The maximum Gasteiger partial charge on any atom is 0.203 e. The predicted molar refractivity (Wildman–Crippen MR) is 144 cm³/mol. The molecule has 3 aromatic carbocycles. The van der Waals surface area contributed by atoms with Crippen LogP contribution in [0, 0.1) is 6.92 Å². The molecule has 1 aliphatic rings. The number of aryl methyl sites for hydroxylation is 1. The number of hydrogen-bond acceptors (Lipinski definition) is 6. The number of ketones is 1. The molecule has 0 bridgehead atoms. The molecular formula is C31H34O6. The zero-order valence-corrected chi connectivity index (χ0v) is 21.9. The van der Waals surface area contributed by atoms with Crippen molar-refractivity contribution in [2.24, 2.45) is 0 Å². The maximum absolute atomic E-state index is 13.4. The molecule has 6 heteroatoms. The Bertz CT molecular complexity index is 1280. The number of carbonyl (C=O) groups is 1. The van der Waals surface area contributed by atoms with E-state index in [1.54, 1.807) is 18.2 Å². The second-order valence-corrected chi connectivity index (χ2v) is 9.60. The van der Waals surface area contributed by atoms with Crippen molar-refractivity contribution < 1.29 is 28.8 Å². The summed E-state index contributed by atoms with van der Waals surface area (Å²) in [5, 5.41) is 10.0. The van der Waals surface area contributed by atoms with E-state index < -0.39 is 5.60 Å². The summed E-state index contributed by atoms with van der Waals surface area (Å²) in [5.74, 6) is 1.94. The molecule has 194 valence electrons. The predicted octanol–water partition coefficient (Wildman–Crippen LogP) is 6.30. The van der Waals surface area contributed by atoms with Crippen molar-refractivity contribution in [3.8, 4) is 23.0 Å². The lowest BCUT2D eigenvalue weighted by molar-refractivity contribution is 0.0912. The van der Waals surface area contributed by atoms with E-state index in [0.29, 0.717) is 52.9 Å². The quantitative estimate of drug-likeness (QED) is 0.310. The van der Waals surface area contributed by atoms with Crippen LogP contribution in [-0.2, 0) is 13.2 Å². The van der Waals surface area contributed by atoms with Gasteiger partial charge < -0.3 is 24.1 Å². The first-order valence-electron chi connectivity index (χ1n) is 12.6. The van der Waals surface area contributed by atoms with Crippen molar-refractivity contribution in [2.75, 3.05) is 13.2 Å². The minimum Gasteiger partial charge on any atom is -0.493 e. The van der Waals surface area contributed by atoms with E-state index in [9.17, 15) is 9.90 Å². The molecule has 1 N–H and O–H groups in total. The van der Waals surface area contributed by atoms with Crippen LogP contribution in [0.1, 0.15) is 59.8 Å². The highest BCUT2D eigenvalue weighted by Crippen LogP contribution is 2.41. The molecule has 1 aliphatic heterocycles. The highest BCUT2D eigenvalue weighted by atomic mass is 16.5. The number of rotatable bonds is 11. The Morgan fingerprint density at radius 2 is 1.81 bits per heavy atom. The largest absolute Gasteiger partial charge is 0.493 e. The number of Topliss-reactive ketones (excluding diaryl/α,β-unsaturated/α-hetero) is 1. The van der Waals surface area contributed by atoms with Gasteiger partial charge in [0, 0.05) is 11.6 Å². The van der Waals surface area contributed by atoms with Gasteiger partial charge in [0.05, 0.1) is 24.3 Å². The Labute approximate surface area is 218 Å². The third kappa shape index (κ3) is 6.33. The molecule has 1 heterocycles. The zero-order valence-electron chi connectivity index (χ0n) is 21.9. The fourth-order valence-electron chi connectivity index (χ4n) is 4.13. The standard InChI is InChI=1S/C31H34O6/c1-5-15-34-23-11-12-24(28(17-23)35-19-22-9-7-6-8-10-22)27(33)20-36-30-25-13-14-31(3,4)37-29(25)16-21(2)26(30)18-32/h6-14,16-17,32H,5,15,18-20H2,1-4H3. The summed E-state index contributed by atoms with van der Waals surface area (Å²) in [4.78, 5) is 13.4. The van der Waals surface area contributed by atoms with Crippen LogP contribution in [0.2, 0.25) is 0 Å². The Balaban J connectivity index is 1.59. The molecule has 0 aromatic heterocycles. The van der Waals surface area contributed by atoms with Crippen molar-refractivity contribution in [1.82, 2.24) is 0 Å². The minimum atomic E-state index is -0.458. The van der Waals surface area contributed by atoms with Crippen LogP contribution >= 0.6 is 0 Å². The number of hydrogen-bond donors (Lipinski definition) is 1. The molecule has 0 unspecified atom stereocenters. The molecule has 0 atom stereocenters. The number of carbonyl (C=O) groups excluding carboxylic acids is 1. The monoisotopic (exact) mass is 502 g/mol. The minimum absolute atomic E-state index is 0.214. The Kier molecular flexibility index (Phi) is 8.19. The van der Waals surface area contributed by atoms with Gasteiger partial charge in [0.1, 0.15) is 35.2 Å². The van der Waals surface area contributed by atoms with E-state index in [2.05, 4.69) is 0 Å². The zero-order chi connectivity index (χ0) is 26.4. The first-order valence-corrected chi connectivity index (χ1v) is 12.6. The molecule has 3 aromatic rings. The van der Waals surface area contributed by atoms with Crippen molar-refractivity contribution >= 4 is 11.9 Å². The van der Waals surface area contributed by atoms with Crippen LogP contribution < -0.4 is 18.9 Å². The normalized spacial score (nSPS) is 13.4. The van der Waals surface area contributed by atoms with Gasteiger partial charge in [0.25, 0.3) is 0 Å². The summed E-state index contributed by atoms with van der Waals surface area (Å²) in [6.07, 6.45) is 4.73. The molecule has 0 amide bonds. The first kappa shape index (κ1) is 26.3. The fourth-order valence-corrected chi connectivity index (χ4v) is 4.13. The number of aliphatic hydroxyl groups excluding tert-OH is 1. The summed E-state index contributed by atoms with van der Waals surface area (Å²) in [6.45, 7) is 8.31. The fraction of sp³-hybridized carbons (Fsp3) is 0.323. The van der Waals surface area contributed by atoms with E-state index in [1.165, 1.54) is 0 Å². The highest BCUT2D eigenvalue weighted by Gasteiger charge is 2.27. The smallest absolute Gasteiger partial charge is 0.203 e. The van der Waals surface area contributed by atoms with Gasteiger partial charge in [-0.3, -0.25) is 4.79 Å². The van der Waals surface area contributed by atoms with Gasteiger partial charge in [0.2, 0.25) is 5.78 Å². The molecule has 0 aliphatic carbocycles. The van der Waals surface area contributed by atoms with Crippen LogP contribution in [0.5, 0.6) is 23.0 Å². The van der Waals surface area contributed by atoms with E-state index in [0.717, 1.165) is 17.5 Å². The second-order valence-electron chi connectivity index (χ2n) is 9.60. The molecule has 0 spiro atoms. The average Bonchev–Trinajstić information content (AvgIpc) is 2.89. The molecule has 0 radical (unpaired) electrons. The van der Waals surface area contributed by atoms with Crippen molar-refractivity contribution in [1.29, 1.82) is 0 Å². The molecule has 0 fully saturated rings. The van der Waals surface area contributed by atoms with Gasteiger partial charge in [-0.25, -0.2) is 0 Å². The molecule has 4 rings (SSSR count). The molecule has 6 nitrogen and oxygen atoms in total. The van der Waals surface area contributed by atoms with Gasteiger partial charge >= 0.3 is 0 Å². The highest BCUT2D eigenvalue weighted by molar-refractivity contribution is 6.00. The molecule has 0 saturated heterocycles. The molecule has 37 heavy (non-hydrogen) atoms. The summed E-state index contributed by atoms with van der Waals surface area (Å²) >= 11 is 0. The van der Waals surface area contributed by atoms with Crippen LogP contribution in [0.4, 0.5) is 0 Å². The van der Waals surface area contributed by atoms with Gasteiger partial charge in [-0.05, 0) is 68.7 Å². The lowest BCUT2D eigenvalue weighted by Crippen LogP contribution is -2.28. The summed E-state index contributed by atoms with van der Waals surface area (Å²) in [7, 11) is 0.